The predicted molar refractivity (Wildman–Crippen MR) is 168 cm³/mol. The fourth-order valence-corrected chi connectivity index (χ4v) is 7.18. The van der Waals surface area contributed by atoms with Crippen molar-refractivity contribution in [2.24, 2.45) is 17.8 Å². The van der Waals surface area contributed by atoms with Crippen LogP contribution in [0.4, 0.5) is 5.69 Å². The SMILES string of the molecule is CCC1=C2[C@@H](CC/C(=C/c3ccc(O)cc3Cl)c3ccccc3)OC[C@@H]2[C@@H]2C(=O)N(c3cccc(B(O)O)c3)C(=O)[C@@H]2C1. The summed E-state index contributed by atoms with van der Waals surface area (Å²) in [6.45, 7) is 2.46. The fourth-order valence-electron chi connectivity index (χ4n) is 6.95. The second kappa shape index (κ2) is 12.1. The number of nitrogens with zero attached hydrogens (tertiary/aromatic N) is 1. The summed E-state index contributed by atoms with van der Waals surface area (Å²) in [5.74, 6) is -1.53. The number of anilines is 1. The summed E-state index contributed by atoms with van der Waals surface area (Å²) in [6.07, 6.45) is 4.55. The second-order valence-electron chi connectivity index (χ2n) is 11.4. The minimum Gasteiger partial charge on any atom is -0.508 e. The van der Waals surface area contributed by atoms with Gasteiger partial charge in [0.05, 0.1) is 35.3 Å². The van der Waals surface area contributed by atoms with E-state index < -0.39 is 19.0 Å². The summed E-state index contributed by atoms with van der Waals surface area (Å²) in [7, 11) is -1.70. The molecule has 3 aromatic carbocycles. The largest absolute Gasteiger partial charge is 0.508 e. The van der Waals surface area contributed by atoms with Gasteiger partial charge in [0.25, 0.3) is 0 Å². The van der Waals surface area contributed by atoms with E-state index in [0.29, 0.717) is 36.6 Å². The van der Waals surface area contributed by atoms with Crippen LogP contribution in [0.25, 0.3) is 11.6 Å². The molecular formula is C34H33BClNO6. The van der Waals surface area contributed by atoms with Gasteiger partial charge in [-0.15, -0.1) is 0 Å². The number of hydrogen-bond acceptors (Lipinski definition) is 6. The molecule has 2 aliphatic heterocycles. The van der Waals surface area contributed by atoms with Crippen molar-refractivity contribution in [3.63, 3.8) is 0 Å². The molecule has 2 heterocycles. The minimum atomic E-state index is -1.70. The van der Waals surface area contributed by atoms with Crippen molar-refractivity contribution in [3.05, 3.63) is 100 Å². The summed E-state index contributed by atoms with van der Waals surface area (Å²) >= 11 is 6.45. The molecule has 0 radical (unpaired) electrons. The van der Waals surface area contributed by atoms with E-state index in [-0.39, 0.29) is 35.0 Å². The smallest absolute Gasteiger partial charge is 0.488 e. The van der Waals surface area contributed by atoms with Gasteiger partial charge in [-0.3, -0.25) is 14.5 Å². The molecule has 0 unspecified atom stereocenters. The van der Waals surface area contributed by atoms with Crippen molar-refractivity contribution in [2.45, 2.75) is 38.7 Å². The first-order valence-corrected chi connectivity index (χ1v) is 15.1. The van der Waals surface area contributed by atoms with E-state index in [2.05, 4.69) is 19.1 Å². The number of amides is 2. The van der Waals surface area contributed by atoms with Gasteiger partial charge in [-0.25, -0.2) is 0 Å². The highest BCUT2D eigenvalue weighted by atomic mass is 35.5. The van der Waals surface area contributed by atoms with Gasteiger partial charge in [-0.1, -0.05) is 66.6 Å². The molecule has 3 aromatic rings. The summed E-state index contributed by atoms with van der Waals surface area (Å²) in [5, 5.41) is 29.6. The maximum Gasteiger partial charge on any atom is 0.488 e. The normalized spacial score (nSPS) is 23.5. The standard InChI is InChI=1S/C34H33BClNO6/c1-2-20-16-27-32(34(40)37(33(27)39)25-10-6-9-24(17-25)35(41)42)28-19-43-30(31(20)28)14-12-22(21-7-4-3-5-8-21)15-23-11-13-26(38)18-29(23)36/h3-11,13,15,17-18,27-28,30,32,38,41-42H,2,12,14,16,19H2,1H3/b22-15-/t27-,28+,30-,32-/m1/s1. The Balaban J connectivity index is 1.27. The number of ether oxygens (including phenoxy) is 1. The zero-order chi connectivity index (χ0) is 30.2. The molecule has 7 nitrogen and oxygen atoms in total. The van der Waals surface area contributed by atoms with Crippen LogP contribution in [0.3, 0.4) is 0 Å². The van der Waals surface area contributed by atoms with Gasteiger partial charge in [0.1, 0.15) is 5.75 Å². The Hall–Kier alpha value is -3.69. The zero-order valence-electron chi connectivity index (χ0n) is 23.8. The Bertz CT molecular complexity index is 1620. The maximum atomic E-state index is 13.8. The number of rotatable bonds is 8. The van der Waals surface area contributed by atoms with Gasteiger partial charge in [0.2, 0.25) is 11.8 Å². The number of carbonyl (C=O) groups is 2. The predicted octanol–water partition coefficient (Wildman–Crippen LogP) is 4.98. The number of imide groups is 1. The molecule has 2 saturated heterocycles. The lowest BCUT2D eigenvalue weighted by molar-refractivity contribution is -0.122. The lowest BCUT2D eigenvalue weighted by atomic mass is 9.69. The average Bonchev–Trinajstić information content (AvgIpc) is 3.54. The van der Waals surface area contributed by atoms with Crippen molar-refractivity contribution >= 4 is 53.3 Å². The quantitative estimate of drug-likeness (QED) is 0.146. The van der Waals surface area contributed by atoms with Crippen LogP contribution in [0.2, 0.25) is 5.02 Å². The number of phenolic OH excluding ortho intramolecular Hbond substituents is 1. The van der Waals surface area contributed by atoms with Gasteiger partial charge < -0.3 is 19.9 Å². The van der Waals surface area contributed by atoms with E-state index in [4.69, 9.17) is 16.3 Å². The summed E-state index contributed by atoms with van der Waals surface area (Å²) < 4.78 is 6.40. The lowest BCUT2D eigenvalue weighted by Crippen LogP contribution is -2.35. The number of benzene rings is 3. The molecule has 2 fully saturated rings. The van der Waals surface area contributed by atoms with Crippen LogP contribution in [-0.2, 0) is 14.3 Å². The molecule has 1 aliphatic carbocycles. The third kappa shape index (κ3) is 5.56. The molecule has 0 saturated carbocycles. The molecule has 0 spiro atoms. The van der Waals surface area contributed by atoms with Gasteiger partial charge in [-0.2, -0.15) is 0 Å². The Kier molecular flexibility index (Phi) is 8.29. The Morgan fingerprint density at radius 1 is 1.02 bits per heavy atom. The van der Waals surface area contributed by atoms with Gasteiger partial charge in [0, 0.05) is 5.92 Å². The van der Waals surface area contributed by atoms with Gasteiger partial charge in [-0.05, 0) is 89.8 Å². The summed E-state index contributed by atoms with van der Waals surface area (Å²) in [4.78, 5) is 28.7. The maximum absolute atomic E-state index is 13.8. The molecular weight excluding hydrogens is 565 g/mol. The number of allylic oxidation sites excluding steroid dienone is 2. The minimum absolute atomic E-state index is 0.112. The monoisotopic (exact) mass is 597 g/mol. The first kappa shape index (κ1) is 29.4. The Labute approximate surface area is 256 Å². The Morgan fingerprint density at radius 3 is 2.53 bits per heavy atom. The van der Waals surface area contributed by atoms with E-state index >= 15 is 0 Å². The molecule has 3 aliphatic rings. The molecule has 0 aromatic heterocycles. The van der Waals surface area contributed by atoms with E-state index in [1.165, 1.54) is 22.6 Å². The van der Waals surface area contributed by atoms with Gasteiger partial charge >= 0.3 is 7.12 Å². The third-order valence-corrected chi connectivity index (χ3v) is 9.32. The molecule has 4 atom stereocenters. The van der Waals surface area contributed by atoms with E-state index in [1.54, 1.807) is 30.3 Å². The summed E-state index contributed by atoms with van der Waals surface area (Å²) in [5.41, 5.74) is 5.88. The molecule has 220 valence electrons. The lowest BCUT2D eigenvalue weighted by Gasteiger charge is -2.31. The highest BCUT2D eigenvalue weighted by molar-refractivity contribution is 6.58. The summed E-state index contributed by atoms with van der Waals surface area (Å²) in [6, 6.07) is 21.3. The van der Waals surface area contributed by atoms with E-state index in [1.807, 2.05) is 24.3 Å². The van der Waals surface area contributed by atoms with Crippen molar-refractivity contribution < 1.29 is 29.5 Å². The highest BCUT2D eigenvalue weighted by Gasteiger charge is 2.57. The molecule has 3 N–H and O–H groups in total. The number of phenols is 1. The molecule has 0 bridgehead atoms. The topological polar surface area (TPSA) is 107 Å². The molecule has 43 heavy (non-hydrogen) atoms. The van der Waals surface area contributed by atoms with Crippen LogP contribution in [-0.4, -0.2) is 46.8 Å². The first-order valence-electron chi connectivity index (χ1n) is 14.7. The second-order valence-corrected chi connectivity index (χ2v) is 11.8. The van der Waals surface area contributed by atoms with Crippen LogP contribution in [0.5, 0.6) is 5.75 Å². The van der Waals surface area contributed by atoms with Crippen molar-refractivity contribution in [3.8, 4) is 5.75 Å². The Morgan fingerprint density at radius 2 is 1.81 bits per heavy atom. The van der Waals surface area contributed by atoms with Crippen molar-refractivity contribution in [1.29, 1.82) is 0 Å². The van der Waals surface area contributed by atoms with Crippen molar-refractivity contribution in [2.75, 3.05) is 11.5 Å². The van der Waals surface area contributed by atoms with Crippen molar-refractivity contribution in [1.82, 2.24) is 0 Å². The first-order chi connectivity index (χ1) is 20.8. The zero-order valence-corrected chi connectivity index (χ0v) is 24.6. The number of hydrogen-bond donors (Lipinski definition) is 3. The highest BCUT2D eigenvalue weighted by Crippen LogP contribution is 2.51. The van der Waals surface area contributed by atoms with Crippen LogP contribution in [0, 0.1) is 17.8 Å². The van der Waals surface area contributed by atoms with Crippen LogP contribution in [0.15, 0.2) is 83.9 Å². The number of halogens is 1. The van der Waals surface area contributed by atoms with Crippen LogP contribution in [0.1, 0.15) is 43.7 Å². The van der Waals surface area contributed by atoms with E-state index in [9.17, 15) is 24.7 Å². The number of carbonyl (C=O) groups excluding carboxylic acids is 2. The fraction of sp³-hybridized carbons (Fsp3) is 0.294. The third-order valence-electron chi connectivity index (χ3n) is 9.00. The number of aromatic hydroxyl groups is 1. The average molecular weight is 598 g/mol. The van der Waals surface area contributed by atoms with Crippen LogP contribution < -0.4 is 10.4 Å². The van der Waals surface area contributed by atoms with Crippen LogP contribution >= 0.6 is 11.6 Å². The van der Waals surface area contributed by atoms with E-state index in [0.717, 1.165) is 28.7 Å². The molecule has 6 rings (SSSR count). The molecule has 9 heteroatoms. The number of fused-ring (bicyclic) bond motifs is 3. The van der Waals surface area contributed by atoms with Gasteiger partial charge in [0.15, 0.2) is 0 Å². The molecule has 2 amide bonds.